The highest BCUT2D eigenvalue weighted by molar-refractivity contribution is 6.55. The molecule has 1 fully saturated rings. The minimum absolute atomic E-state index is 0.0794. The van der Waals surface area contributed by atoms with Gasteiger partial charge in [-0.1, -0.05) is 34.5 Å². The molecule has 276 valence electrons. The Labute approximate surface area is 293 Å². The SMILES string of the molecule is [B]C(=O)OCc1ccc(O[C@@H]2O[C@H](C(=O)O)[C@@H](O)[C@H](O)[C@H]2O)c(C(=O)NCCOCCOCCO/N=C(\C)CC/C(C)=C/CC/C(C)=C/C)c1. The van der Waals surface area contributed by atoms with E-state index >= 15 is 0 Å². The van der Waals surface area contributed by atoms with Crippen LogP contribution in [0.1, 0.15) is 69.3 Å². The van der Waals surface area contributed by atoms with E-state index in [0.717, 1.165) is 31.4 Å². The number of allylic oxidation sites excluding steroid dienone is 4. The smallest absolute Gasteiger partial charge is 0.335 e. The Bertz CT molecular complexity index is 1340. The molecule has 16 heteroatoms. The molecule has 0 saturated carbocycles. The Hall–Kier alpha value is -3.80. The van der Waals surface area contributed by atoms with Crippen molar-refractivity contribution in [3.63, 3.8) is 0 Å². The number of carbonyl (C=O) groups is 3. The van der Waals surface area contributed by atoms with E-state index in [1.54, 1.807) is 0 Å². The van der Waals surface area contributed by atoms with E-state index in [0.29, 0.717) is 12.2 Å². The Kier molecular flexibility index (Phi) is 19.3. The highest BCUT2D eigenvalue weighted by atomic mass is 16.7. The lowest BCUT2D eigenvalue weighted by Gasteiger charge is -2.38. The molecule has 0 aliphatic carbocycles. The fourth-order valence-corrected chi connectivity index (χ4v) is 4.50. The van der Waals surface area contributed by atoms with Crippen molar-refractivity contribution in [2.24, 2.45) is 5.16 Å². The van der Waals surface area contributed by atoms with Gasteiger partial charge in [-0.15, -0.1) is 0 Å². The van der Waals surface area contributed by atoms with Gasteiger partial charge in [-0.25, -0.2) is 4.79 Å². The molecule has 1 amide bonds. The fourth-order valence-electron chi connectivity index (χ4n) is 4.50. The van der Waals surface area contributed by atoms with Gasteiger partial charge in [0, 0.05) is 6.54 Å². The standard InChI is InChI=1S/C34H49BN2O13/c1-5-21(2)7-6-8-22(3)9-10-23(4)37-48-18-17-46-16-15-45-14-13-36-31(41)25-19-24(20-47-34(35)44)11-12-26(25)49-33-29(40)27(38)28(39)30(50-33)32(42)43/h5,8,11-12,19,27-30,33,38-40H,6-7,9-10,13-18,20H2,1-4H3,(H,36,41)(H,42,43)/b21-5+,22-8+,37-23+/t27-,28-,29+,30-,33+/m0/s1. The second kappa shape index (κ2) is 22.8. The van der Waals surface area contributed by atoms with Crippen molar-refractivity contribution in [1.29, 1.82) is 0 Å². The topological polar surface area (TPSA) is 212 Å². The molecular weight excluding hydrogens is 655 g/mol. The number of aliphatic hydroxyl groups excluding tert-OH is 3. The van der Waals surface area contributed by atoms with Crippen molar-refractivity contribution in [2.75, 3.05) is 39.6 Å². The van der Waals surface area contributed by atoms with Gasteiger partial charge in [0.05, 0.1) is 37.7 Å². The Morgan fingerprint density at radius 1 is 0.940 bits per heavy atom. The van der Waals surface area contributed by atoms with E-state index in [4.69, 9.17) is 36.4 Å². The van der Waals surface area contributed by atoms with Gasteiger partial charge in [0.2, 0.25) is 20.0 Å². The van der Waals surface area contributed by atoms with Crippen LogP contribution in [0.5, 0.6) is 5.75 Å². The van der Waals surface area contributed by atoms with Gasteiger partial charge in [0.15, 0.2) is 6.10 Å². The summed E-state index contributed by atoms with van der Waals surface area (Å²) in [7, 11) is 5.03. The van der Waals surface area contributed by atoms with E-state index in [1.165, 1.54) is 29.3 Å². The normalized spacial score (nSPS) is 21.4. The lowest BCUT2D eigenvalue weighted by molar-refractivity contribution is -0.271. The number of rotatable bonds is 22. The van der Waals surface area contributed by atoms with Crippen LogP contribution in [0.4, 0.5) is 4.79 Å². The number of ether oxygens (including phenoxy) is 5. The summed E-state index contributed by atoms with van der Waals surface area (Å²) in [5, 5.41) is 46.4. The zero-order chi connectivity index (χ0) is 37.1. The molecular formula is C34H49BN2O13. The largest absolute Gasteiger partial charge is 0.479 e. The molecule has 5 atom stereocenters. The first-order valence-electron chi connectivity index (χ1n) is 16.3. The number of aliphatic hydroxyl groups is 3. The number of benzene rings is 1. The second-order valence-electron chi connectivity index (χ2n) is 11.7. The van der Waals surface area contributed by atoms with Gasteiger partial charge >= 0.3 is 5.97 Å². The maximum Gasteiger partial charge on any atom is 0.335 e. The van der Waals surface area contributed by atoms with E-state index in [-0.39, 0.29) is 50.9 Å². The van der Waals surface area contributed by atoms with E-state index in [1.807, 2.05) is 6.92 Å². The number of nitrogens with zero attached hydrogens (tertiary/aromatic N) is 1. The van der Waals surface area contributed by atoms with E-state index in [9.17, 15) is 34.8 Å². The predicted molar refractivity (Wildman–Crippen MR) is 182 cm³/mol. The third-order valence-electron chi connectivity index (χ3n) is 7.57. The predicted octanol–water partition coefficient (Wildman–Crippen LogP) is 2.39. The maximum absolute atomic E-state index is 13.1. The van der Waals surface area contributed by atoms with Gasteiger partial charge in [-0.2, -0.15) is 0 Å². The summed E-state index contributed by atoms with van der Waals surface area (Å²) in [6.45, 7) is 9.34. The van der Waals surface area contributed by atoms with Crippen LogP contribution < -0.4 is 10.1 Å². The number of hydrogen-bond donors (Lipinski definition) is 5. The lowest BCUT2D eigenvalue weighted by atomic mass is 9.99. The van der Waals surface area contributed by atoms with E-state index < -0.39 is 48.5 Å². The van der Waals surface area contributed by atoms with Crippen LogP contribution in [0.3, 0.4) is 0 Å². The van der Waals surface area contributed by atoms with Gasteiger partial charge in [0.1, 0.15) is 37.3 Å². The number of amides is 1. The van der Waals surface area contributed by atoms with Crippen molar-refractivity contribution in [1.82, 2.24) is 5.32 Å². The van der Waals surface area contributed by atoms with Gasteiger partial charge < -0.3 is 54.3 Å². The third-order valence-corrected chi connectivity index (χ3v) is 7.57. The molecule has 1 aliphatic heterocycles. The van der Waals surface area contributed by atoms with E-state index in [2.05, 4.69) is 43.4 Å². The summed E-state index contributed by atoms with van der Waals surface area (Å²) < 4.78 is 26.5. The van der Waals surface area contributed by atoms with Crippen molar-refractivity contribution in [3.05, 3.63) is 52.6 Å². The first-order chi connectivity index (χ1) is 23.8. The van der Waals surface area contributed by atoms with Gasteiger partial charge in [-0.3, -0.25) is 9.59 Å². The molecule has 0 spiro atoms. The Morgan fingerprint density at radius 3 is 2.32 bits per heavy atom. The molecule has 1 heterocycles. The van der Waals surface area contributed by atoms with Crippen LogP contribution in [-0.4, -0.2) is 122 Å². The van der Waals surface area contributed by atoms with Crippen molar-refractivity contribution in [2.45, 2.75) is 90.7 Å². The minimum atomic E-state index is -1.92. The van der Waals surface area contributed by atoms with Crippen molar-refractivity contribution >= 4 is 31.3 Å². The fraction of sp³-hybridized carbons (Fsp3) is 0.588. The quantitative estimate of drug-likeness (QED) is 0.0386. The van der Waals surface area contributed by atoms with Crippen LogP contribution in [0.15, 0.2) is 46.7 Å². The van der Waals surface area contributed by atoms with Gasteiger partial charge in [-0.05, 0) is 71.1 Å². The molecule has 2 radical (unpaired) electrons. The number of carboxylic acids is 1. The molecule has 1 aliphatic rings. The number of hydrogen-bond acceptors (Lipinski definition) is 13. The summed E-state index contributed by atoms with van der Waals surface area (Å²) in [6, 6.07) is 4.06. The first-order valence-corrected chi connectivity index (χ1v) is 16.3. The molecule has 15 nitrogen and oxygen atoms in total. The number of carboxylic acid groups (broad SMARTS) is 1. The molecule has 0 unspecified atom stereocenters. The molecule has 0 aromatic heterocycles. The highest BCUT2D eigenvalue weighted by Gasteiger charge is 2.48. The van der Waals surface area contributed by atoms with Crippen molar-refractivity contribution < 1.29 is 63.3 Å². The molecule has 5 N–H and O–H groups in total. The van der Waals surface area contributed by atoms with Crippen LogP contribution in [0, 0.1) is 0 Å². The van der Waals surface area contributed by atoms with Crippen LogP contribution in [-0.2, 0) is 35.2 Å². The molecule has 50 heavy (non-hydrogen) atoms. The number of carbonyl (C=O) groups excluding carboxylic acids is 2. The maximum atomic E-state index is 13.1. The molecule has 1 aromatic rings. The highest BCUT2D eigenvalue weighted by Crippen LogP contribution is 2.28. The molecule has 1 saturated heterocycles. The minimum Gasteiger partial charge on any atom is -0.479 e. The average Bonchev–Trinajstić information content (AvgIpc) is 3.08. The number of aliphatic carboxylic acids is 1. The number of oxime groups is 1. The number of nitrogens with one attached hydrogen (secondary N) is 1. The summed E-state index contributed by atoms with van der Waals surface area (Å²) in [5.74, 6) is -3.44. The zero-order valence-electron chi connectivity index (χ0n) is 29.0. The first kappa shape index (κ1) is 42.4. The van der Waals surface area contributed by atoms with Crippen LogP contribution in [0.25, 0.3) is 0 Å². The van der Waals surface area contributed by atoms with Crippen molar-refractivity contribution in [3.8, 4) is 5.75 Å². The summed E-state index contributed by atoms with van der Waals surface area (Å²) >= 11 is 0. The third kappa shape index (κ3) is 15.4. The van der Waals surface area contributed by atoms with Gasteiger partial charge in [0.25, 0.3) is 5.91 Å². The molecule has 0 bridgehead atoms. The summed E-state index contributed by atoms with van der Waals surface area (Å²) in [4.78, 5) is 40.9. The monoisotopic (exact) mass is 704 g/mol. The molecule has 1 aromatic carbocycles. The second-order valence-corrected chi connectivity index (χ2v) is 11.7. The molecule has 2 rings (SSSR count). The zero-order valence-corrected chi connectivity index (χ0v) is 29.0. The summed E-state index contributed by atoms with van der Waals surface area (Å²) in [5.41, 5.74) is 3.89. The van der Waals surface area contributed by atoms with Crippen LogP contribution in [0.2, 0.25) is 0 Å². The Morgan fingerprint density at radius 2 is 1.64 bits per heavy atom. The Balaban J connectivity index is 1.76. The lowest BCUT2D eigenvalue weighted by Crippen LogP contribution is -2.61. The summed E-state index contributed by atoms with van der Waals surface area (Å²) in [6.07, 6.45) is -1.07. The average molecular weight is 705 g/mol. The van der Waals surface area contributed by atoms with Crippen LogP contribution >= 0.6 is 0 Å².